The Balaban J connectivity index is 2.82. The topological polar surface area (TPSA) is 18.5 Å². The van der Waals surface area contributed by atoms with E-state index in [2.05, 4.69) is 13.8 Å². The van der Waals surface area contributed by atoms with E-state index in [1.165, 1.54) is 0 Å². The van der Waals surface area contributed by atoms with Crippen LogP contribution in [0.2, 0.25) is 0 Å². The first kappa shape index (κ1) is 16.5. The van der Waals surface area contributed by atoms with Gasteiger partial charge in [0.2, 0.25) is 0 Å². The molecular weight excluding hydrogens is 283 g/mol. The summed E-state index contributed by atoms with van der Waals surface area (Å²) in [6.07, 6.45) is 1.71. The molecule has 0 saturated heterocycles. The lowest BCUT2D eigenvalue weighted by molar-refractivity contribution is 0.304. The van der Waals surface area contributed by atoms with Crippen LogP contribution in [-0.4, -0.2) is 25.0 Å². The van der Waals surface area contributed by atoms with E-state index in [0.29, 0.717) is 25.0 Å². The number of alkyl halides is 2. The summed E-state index contributed by atoms with van der Waals surface area (Å²) < 4.78 is 11.6. The molecule has 0 atom stereocenters. The fourth-order valence-electron chi connectivity index (χ4n) is 1.86. The molecule has 108 valence electrons. The van der Waals surface area contributed by atoms with Crippen molar-refractivity contribution < 1.29 is 9.47 Å². The number of hydrogen-bond acceptors (Lipinski definition) is 2. The van der Waals surface area contributed by atoms with E-state index < -0.39 is 0 Å². The summed E-state index contributed by atoms with van der Waals surface area (Å²) >= 11 is 11.3. The van der Waals surface area contributed by atoms with E-state index in [4.69, 9.17) is 32.7 Å². The highest BCUT2D eigenvalue weighted by atomic mass is 35.5. The van der Waals surface area contributed by atoms with Gasteiger partial charge in [-0.1, -0.05) is 0 Å². The third-order valence-corrected chi connectivity index (χ3v) is 3.57. The normalized spacial score (nSPS) is 10.6. The second-order valence-electron chi connectivity index (χ2n) is 4.55. The number of ether oxygens (including phenoxy) is 2. The standard InChI is InChI=1S/C15H22Cl2O2/c1-11-10-14(18-8-4-6-16)12(2)13(3)15(11)19-9-5-7-17/h10H,4-9H2,1-3H3. The van der Waals surface area contributed by atoms with Crippen molar-refractivity contribution in [2.75, 3.05) is 25.0 Å². The van der Waals surface area contributed by atoms with Crippen LogP contribution in [0.4, 0.5) is 0 Å². The Morgan fingerprint density at radius 3 is 2.05 bits per heavy atom. The molecule has 0 spiro atoms. The van der Waals surface area contributed by atoms with Gasteiger partial charge in [0.05, 0.1) is 13.2 Å². The minimum atomic E-state index is 0.622. The van der Waals surface area contributed by atoms with Crippen LogP contribution in [0.5, 0.6) is 11.5 Å². The van der Waals surface area contributed by atoms with Gasteiger partial charge in [0, 0.05) is 11.8 Å². The van der Waals surface area contributed by atoms with Gasteiger partial charge in [-0.05, 0) is 56.4 Å². The average Bonchev–Trinajstić information content (AvgIpc) is 2.39. The first-order valence-electron chi connectivity index (χ1n) is 6.60. The Bertz CT molecular complexity index is 406. The van der Waals surface area contributed by atoms with Crippen molar-refractivity contribution in [1.29, 1.82) is 0 Å². The van der Waals surface area contributed by atoms with Crippen molar-refractivity contribution in [3.8, 4) is 11.5 Å². The third kappa shape index (κ3) is 4.77. The first-order valence-corrected chi connectivity index (χ1v) is 7.67. The number of rotatable bonds is 8. The van der Waals surface area contributed by atoms with Crippen LogP contribution in [-0.2, 0) is 0 Å². The molecule has 4 heteroatoms. The Hall–Kier alpha value is -0.600. The number of aryl methyl sites for hydroxylation is 1. The molecule has 0 aliphatic carbocycles. The van der Waals surface area contributed by atoms with Gasteiger partial charge in [-0.25, -0.2) is 0 Å². The van der Waals surface area contributed by atoms with Gasteiger partial charge in [0.15, 0.2) is 0 Å². The fourth-order valence-corrected chi connectivity index (χ4v) is 2.08. The summed E-state index contributed by atoms with van der Waals surface area (Å²) in [5, 5.41) is 0. The van der Waals surface area contributed by atoms with Crippen LogP contribution in [0.3, 0.4) is 0 Å². The fraction of sp³-hybridized carbons (Fsp3) is 0.600. The highest BCUT2D eigenvalue weighted by Crippen LogP contribution is 2.33. The predicted molar refractivity (Wildman–Crippen MR) is 82.3 cm³/mol. The summed E-state index contributed by atoms with van der Waals surface area (Å²) in [6, 6.07) is 2.03. The van der Waals surface area contributed by atoms with E-state index >= 15 is 0 Å². The summed E-state index contributed by atoms with van der Waals surface area (Å²) in [7, 11) is 0. The summed E-state index contributed by atoms with van der Waals surface area (Å²) in [4.78, 5) is 0. The number of hydrogen-bond donors (Lipinski definition) is 0. The summed E-state index contributed by atoms with van der Waals surface area (Å²) in [5.74, 6) is 3.12. The van der Waals surface area contributed by atoms with E-state index in [-0.39, 0.29) is 0 Å². The molecule has 0 unspecified atom stereocenters. The minimum absolute atomic E-state index is 0.622. The van der Waals surface area contributed by atoms with Gasteiger partial charge >= 0.3 is 0 Å². The highest BCUT2D eigenvalue weighted by molar-refractivity contribution is 6.18. The molecule has 0 aromatic heterocycles. The molecular formula is C15H22Cl2O2. The Morgan fingerprint density at radius 2 is 1.47 bits per heavy atom. The van der Waals surface area contributed by atoms with E-state index in [1.807, 2.05) is 13.0 Å². The van der Waals surface area contributed by atoms with Gasteiger partial charge in [-0.2, -0.15) is 0 Å². The molecule has 0 amide bonds. The van der Waals surface area contributed by atoms with Crippen molar-refractivity contribution in [2.24, 2.45) is 0 Å². The molecule has 19 heavy (non-hydrogen) atoms. The maximum Gasteiger partial charge on any atom is 0.125 e. The molecule has 0 N–H and O–H groups in total. The lowest BCUT2D eigenvalue weighted by atomic mass is 10.0. The summed E-state index contributed by atoms with van der Waals surface area (Å²) in [6.45, 7) is 7.45. The van der Waals surface area contributed by atoms with Gasteiger partial charge < -0.3 is 9.47 Å². The maximum absolute atomic E-state index is 5.81. The second-order valence-corrected chi connectivity index (χ2v) is 5.31. The zero-order valence-corrected chi connectivity index (χ0v) is 13.4. The molecule has 0 bridgehead atoms. The van der Waals surface area contributed by atoms with Crippen molar-refractivity contribution in [2.45, 2.75) is 33.6 Å². The van der Waals surface area contributed by atoms with Crippen LogP contribution < -0.4 is 9.47 Å². The smallest absolute Gasteiger partial charge is 0.125 e. The zero-order valence-electron chi connectivity index (χ0n) is 11.9. The van der Waals surface area contributed by atoms with Crippen LogP contribution in [0, 0.1) is 20.8 Å². The van der Waals surface area contributed by atoms with Gasteiger partial charge in [0.1, 0.15) is 11.5 Å². The molecule has 0 aliphatic heterocycles. The second kappa shape index (κ2) is 8.55. The lowest BCUT2D eigenvalue weighted by Crippen LogP contribution is -2.05. The largest absolute Gasteiger partial charge is 0.493 e. The highest BCUT2D eigenvalue weighted by Gasteiger charge is 2.12. The van der Waals surface area contributed by atoms with Crippen LogP contribution in [0.1, 0.15) is 29.5 Å². The predicted octanol–water partition coefficient (Wildman–Crippen LogP) is 4.63. The van der Waals surface area contributed by atoms with Gasteiger partial charge in [-0.15, -0.1) is 23.2 Å². The molecule has 0 aliphatic rings. The SMILES string of the molecule is Cc1cc(OCCCCl)c(C)c(C)c1OCCCCl. The van der Waals surface area contributed by atoms with Crippen LogP contribution in [0.25, 0.3) is 0 Å². The molecule has 2 nitrogen and oxygen atoms in total. The van der Waals surface area contributed by atoms with Crippen molar-refractivity contribution in [3.63, 3.8) is 0 Å². The first-order chi connectivity index (χ1) is 9.11. The average molecular weight is 305 g/mol. The van der Waals surface area contributed by atoms with E-state index in [9.17, 15) is 0 Å². The Kier molecular flexibility index (Phi) is 7.40. The molecule has 1 aromatic carbocycles. The molecule has 0 saturated carbocycles. The third-order valence-electron chi connectivity index (χ3n) is 3.04. The zero-order chi connectivity index (χ0) is 14.3. The molecule has 1 rings (SSSR count). The minimum Gasteiger partial charge on any atom is -0.493 e. The van der Waals surface area contributed by atoms with Crippen LogP contribution in [0.15, 0.2) is 6.07 Å². The molecule has 1 aromatic rings. The quantitative estimate of drug-likeness (QED) is 0.515. The molecule has 0 fully saturated rings. The monoisotopic (exact) mass is 304 g/mol. The maximum atomic E-state index is 5.81. The molecule has 0 heterocycles. The van der Waals surface area contributed by atoms with Crippen molar-refractivity contribution >= 4 is 23.2 Å². The summed E-state index contributed by atoms with van der Waals surface area (Å²) in [5.41, 5.74) is 3.36. The van der Waals surface area contributed by atoms with Crippen LogP contribution >= 0.6 is 23.2 Å². The lowest BCUT2D eigenvalue weighted by Gasteiger charge is -2.17. The van der Waals surface area contributed by atoms with E-state index in [1.54, 1.807) is 0 Å². The van der Waals surface area contributed by atoms with Crippen molar-refractivity contribution in [3.05, 3.63) is 22.8 Å². The Morgan fingerprint density at radius 1 is 0.895 bits per heavy atom. The van der Waals surface area contributed by atoms with Gasteiger partial charge in [0.25, 0.3) is 0 Å². The Labute approximate surface area is 126 Å². The van der Waals surface area contributed by atoms with Crippen molar-refractivity contribution in [1.82, 2.24) is 0 Å². The molecule has 0 radical (unpaired) electrons. The number of halogens is 2. The number of benzene rings is 1. The van der Waals surface area contributed by atoms with E-state index in [0.717, 1.165) is 41.0 Å². The van der Waals surface area contributed by atoms with Gasteiger partial charge in [-0.3, -0.25) is 0 Å².